The van der Waals surface area contributed by atoms with Gasteiger partial charge in [0.2, 0.25) is 5.43 Å². The van der Waals surface area contributed by atoms with Crippen LogP contribution in [0.25, 0.3) is 22.2 Å². The lowest BCUT2D eigenvalue weighted by atomic mass is 10.1. The maximum absolute atomic E-state index is 11.7. The molecule has 0 aliphatic carbocycles. The minimum atomic E-state index is -0.170. The van der Waals surface area contributed by atoms with Gasteiger partial charge in [0.05, 0.1) is 6.26 Å². The molecule has 0 fully saturated rings. The van der Waals surface area contributed by atoms with Crippen molar-refractivity contribution in [1.82, 2.24) is 4.98 Å². The van der Waals surface area contributed by atoms with Crippen molar-refractivity contribution in [3.05, 3.63) is 59.1 Å². The van der Waals surface area contributed by atoms with Gasteiger partial charge in [-0.25, -0.2) is 4.98 Å². The van der Waals surface area contributed by atoms with E-state index in [0.29, 0.717) is 11.1 Å². The van der Waals surface area contributed by atoms with Crippen molar-refractivity contribution in [2.24, 2.45) is 0 Å². The Labute approximate surface area is 102 Å². The van der Waals surface area contributed by atoms with Crippen LogP contribution in [0.3, 0.4) is 0 Å². The molecule has 0 unspecified atom stereocenters. The fourth-order valence-corrected chi connectivity index (χ4v) is 1.85. The van der Waals surface area contributed by atoms with Crippen molar-refractivity contribution < 1.29 is 9.52 Å². The average molecular weight is 239 g/mol. The Bertz CT molecular complexity index is 760. The quantitative estimate of drug-likeness (QED) is 0.708. The standard InChI is InChI=1S/C14H9NO3/c16-10-3-1-9(2-4-10)11-5-7-15-13-12(17)6-8-18-14(11)13/h1-8,16H. The van der Waals surface area contributed by atoms with Crippen LogP contribution in [0.4, 0.5) is 0 Å². The highest BCUT2D eigenvalue weighted by atomic mass is 16.3. The number of fused-ring (bicyclic) bond motifs is 1. The first kappa shape index (κ1) is 10.5. The molecule has 0 saturated carbocycles. The Morgan fingerprint density at radius 3 is 2.61 bits per heavy atom. The summed E-state index contributed by atoms with van der Waals surface area (Å²) in [6, 6.07) is 9.81. The van der Waals surface area contributed by atoms with Gasteiger partial charge in [-0.3, -0.25) is 4.79 Å². The van der Waals surface area contributed by atoms with Crippen LogP contribution in [-0.4, -0.2) is 10.1 Å². The predicted octanol–water partition coefficient (Wildman–Crippen LogP) is 2.56. The summed E-state index contributed by atoms with van der Waals surface area (Å²) in [5.41, 5.74) is 2.22. The van der Waals surface area contributed by atoms with Gasteiger partial charge in [-0.15, -0.1) is 0 Å². The number of hydrogen-bond acceptors (Lipinski definition) is 4. The van der Waals surface area contributed by atoms with Gasteiger partial charge >= 0.3 is 0 Å². The Kier molecular flexibility index (Phi) is 2.34. The highest BCUT2D eigenvalue weighted by Crippen LogP contribution is 2.27. The van der Waals surface area contributed by atoms with Crippen LogP contribution >= 0.6 is 0 Å². The Morgan fingerprint density at radius 2 is 1.83 bits per heavy atom. The van der Waals surface area contributed by atoms with E-state index in [1.165, 1.54) is 12.3 Å². The number of nitrogens with zero attached hydrogens (tertiary/aromatic N) is 1. The lowest BCUT2D eigenvalue weighted by Gasteiger charge is -2.04. The molecule has 0 spiro atoms. The fourth-order valence-electron chi connectivity index (χ4n) is 1.85. The summed E-state index contributed by atoms with van der Waals surface area (Å²) in [4.78, 5) is 15.7. The highest BCUT2D eigenvalue weighted by molar-refractivity contribution is 5.89. The van der Waals surface area contributed by atoms with Gasteiger partial charge in [0.25, 0.3) is 0 Å². The van der Waals surface area contributed by atoms with Gasteiger partial charge in [0.1, 0.15) is 5.75 Å². The van der Waals surface area contributed by atoms with Gasteiger partial charge in [0.15, 0.2) is 11.1 Å². The molecule has 88 valence electrons. The lowest BCUT2D eigenvalue weighted by molar-refractivity contribution is 0.475. The maximum Gasteiger partial charge on any atom is 0.211 e. The van der Waals surface area contributed by atoms with E-state index in [1.807, 2.05) is 0 Å². The summed E-state index contributed by atoms with van der Waals surface area (Å²) in [5, 5.41) is 9.28. The number of benzene rings is 1. The van der Waals surface area contributed by atoms with E-state index in [0.717, 1.165) is 11.1 Å². The Morgan fingerprint density at radius 1 is 1.06 bits per heavy atom. The van der Waals surface area contributed by atoms with E-state index >= 15 is 0 Å². The number of aromatic hydroxyl groups is 1. The van der Waals surface area contributed by atoms with E-state index < -0.39 is 0 Å². The van der Waals surface area contributed by atoms with Gasteiger partial charge in [-0.05, 0) is 23.8 Å². The summed E-state index contributed by atoms with van der Waals surface area (Å²) in [6.07, 6.45) is 2.93. The van der Waals surface area contributed by atoms with Gasteiger partial charge in [-0.2, -0.15) is 0 Å². The number of aromatic nitrogens is 1. The Balaban J connectivity index is 2.33. The molecule has 0 saturated heterocycles. The smallest absolute Gasteiger partial charge is 0.211 e. The van der Waals surface area contributed by atoms with Crippen LogP contribution < -0.4 is 5.43 Å². The molecule has 4 nitrogen and oxygen atoms in total. The Hall–Kier alpha value is -2.62. The van der Waals surface area contributed by atoms with Crippen molar-refractivity contribution in [1.29, 1.82) is 0 Å². The molecular weight excluding hydrogens is 230 g/mol. The first-order valence-electron chi connectivity index (χ1n) is 5.41. The van der Waals surface area contributed by atoms with Crippen molar-refractivity contribution >= 4 is 11.1 Å². The van der Waals surface area contributed by atoms with Gasteiger partial charge in [0, 0.05) is 17.8 Å². The third kappa shape index (κ3) is 1.64. The normalized spacial score (nSPS) is 10.7. The molecule has 3 rings (SSSR count). The minimum Gasteiger partial charge on any atom is -0.508 e. The third-order valence-electron chi connectivity index (χ3n) is 2.72. The SMILES string of the molecule is O=c1ccoc2c(-c3ccc(O)cc3)ccnc12. The topological polar surface area (TPSA) is 63.3 Å². The molecule has 0 bridgehead atoms. The molecule has 0 aliphatic rings. The van der Waals surface area contributed by atoms with Crippen molar-refractivity contribution in [2.45, 2.75) is 0 Å². The summed E-state index contributed by atoms with van der Waals surface area (Å²) in [7, 11) is 0. The molecule has 1 aromatic carbocycles. The van der Waals surface area contributed by atoms with Crippen LogP contribution in [0.5, 0.6) is 5.75 Å². The zero-order chi connectivity index (χ0) is 12.5. The number of phenols is 1. The van der Waals surface area contributed by atoms with Crippen molar-refractivity contribution in [3.8, 4) is 16.9 Å². The number of pyridine rings is 1. The molecule has 3 aromatic rings. The predicted molar refractivity (Wildman–Crippen MR) is 67.4 cm³/mol. The van der Waals surface area contributed by atoms with E-state index in [9.17, 15) is 9.90 Å². The van der Waals surface area contributed by atoms with Crippen LogP contribution in [0, 0.1) is 0 Å². The van der Waals surface area contributed by atoms with Crippen LogP contribution in [0.15, 0.2) is 58.1 Å². The second-order valence-corrected chi connectivity index (χ2v) is 3.87. The van der Waals surface area contributed by atoms with Crippen molar-refractivity contribution in [3.63, 3.8) is 0 Å². The van der Waals surface area contributed by atoms with Gasteiger partial charge in [-0.1, -0.05) is 12.1 Å². The summed E-state index contributed by atoms with van der Waals surface area (Å²) in [5.74, 6) is 0.193. The van der Waals surface area contributed by atoms with Crippen LogP contribution in [0.1, 0.15) is 0 Å². The number of phenolic OH excluding ortho intramolecular Hbond substituents is 1. The molecule has 0 amide bonds. The molecule has 0 atom stereocenters. The van der Waals surface area contributed by atoms with Crippen LogP contribution in [0.2, 0.25) is 0 Å². The van der Waals surface area contributed by atoms with E-state index in [4.69, 9.17) is 4.42 Å². The zero-order valence-corrected chi connectivity index (χ0v) is 9.33. The van der Waals surface area contributed by atoms with E-state index in [2.05, 4.69) is 4.98 Å². The minimum absolute atomic E-state index is 0.170. The highest BCUT2D eigenvalue weighted by Gasteiger charge is 2.08. The lowest BCUT2D eigenvalue weighted by Crippen LogP contribution is -2.00. The second-order valence-electron chi connectivity index (χ2n) is 3.87. The summed E-state index contributed by atoms with van der Waals surface area (Å²) < 4.78 is 5.38. The second kappa shape index (κ2) is 4.00. The molecule has 0 radical (unpaired) electrons. The number of hydrogen-bond donors (Lipinski definition) is 1. The van der Waals surface area contributed by atoms with Gasteiger partial charge < -0.3 is 9.52 Å². The first-order chi connectivity index (χ1) is 8.75. The molecule has 0 aliphatic heterocycles. The molecule has 18 heavy (non-hydrogen) atoms. The largest absolute Gasteiger partial charge is 0.508 e. The molecule has 2 heterocycles. The zero-order valence-electron chi connectivity index (χ0n) is 9.33. The molecule has 4 heteroatoms. The number of rotatable bonds is 1. The summed E-state index contributed by atoms with van der Waals surface area (Å²) in [6.45, 7) is 0. The summed E-state index contributed by atoms with van der Waals surface area (Å²) >= 11 is 0. The average Bonchev–Trinajstić information content (AvgIpc) is 2.40. The molecule has 1 N–H and O–H groups in total. The van der Waals surface area contributed by atoms with Crippen LogP contribution in [-0.2, 0) is 0 Å². The molecule has 2 aromatic heterocycles. The monoisotopic (exact) mass is 239 g/mol. The third-order valence-corrected chi connectivity index (χ3v) is 2.72. The van der Waals surface area contributed by atoms with Crippen molar-refractivity contribution in [2.75, 3.05) is 0 Å². The first-order valence-corrected chi connectivity index (χ1v) is 5.41. The van der Waals surface area contributed by atoms with E-state index in [-0.39, 0.29) is 11.2 Å². The maximum atomic E-state index is 11.7. The molecular formula is C14H9NO3. The fraction of sp³-hybridized carbons (Fsp3) is 0. The van der Waals surface area contributed by atoms with E-state index in [1.54, 1.807) is 36.5 Å².